The molecular formula is C14H18N2O3S. The van der Waals surface area contributed by atoms with Gasteiger partial charge in [0, 0.05) is 12.6 Å². The minimum atomic E-state index is -3.55. The lowest BCUT2D eigenvalue weighted by atomic mass is 10.1. The number of aryl methyl sites for hydroxylation is 1. The number of hydrogen-bond donors (Lipinski definition) is 1. The summed E-state index contributed by atoms with van der Waals surface area (Å²) in [6.45, 7) is 4.20. The first-order valence-electron chi connectivity index (χ1n) is 6.57. The summed E-state index contributed by atoms with van der Waals surface area (Å²) in [7, 11) is -3.55. The summed E-state index contributed by atoms with van der Waals surface area (Å²) in [5.41, 5.74) is 1.04. The monoisotopic (exact) mass is 294 g/mol. The minimum absolute atomic E-state index is 0.0681. The smallest absolute Gasteiger partial charge is 0.241 e. The molecule has 2 unspecified atom stereocenters. The standard InChI is InChI=1S/C14H18N2O3S/c1-10-7-12(9-15)3-4-14(10)20(17,18)16-13-5-6-19-11(2)8-13/h3-4,7,11,13,16H,5-6,8H2,1-2H3. The summed E-state index contributed by atoms with van der Waals surface area (Å²) in [6.07, 6.45) is 1.42. The Labute approximate surface area is 119 Å². The van der Waals surface area contributed by atoms with Gasteiger partial charge in [-0.25, -0.2) is 13.1 Å². The number of nitrogens with zero attached hydrogens (tertiary/aromatic N) is 1. The second kappa shape index (κ2) is 5.92. The van der Waals surface area contributed by atoms with E-state index in [1.165, 1.54) is 12.1 Å². The van der Waals surface area contributed by atoms with Crippen molar-refractivity contribution in [2.75, 3.05) is 6.61 Å². The molecule has 0 radical (unpaired) electrons. The Morgan fingerprint density at radius 3 is 2.80 bits per heavy atom. The summed E-state index contributed by atoms with van der Waals surface area (Å²) in [6, 6.07) is 6.50. The lowest BCUT2D eigenvalue weighted by molar-refractivity contribution is 0.0173. The van der Waals surface area contributed by atoms with Crippen LogP contribution >= 0.6 is 0 Å². The molecule has 1 aromatic carbocycles. The van der Waals surface area contributed by atoms with Crippen LogP contribution in [-0.4, -0.2) is 27.2 Å². The quantitative estimate of drug-likeness (QED) is 0.920. The molecule has 0 spiro atoms. The van der Waals surface area contributed by atoms with Crippen LogP contribution in [0.25, 0.3) is 0 Å². The van der Waals surface area contributed by atoms with E-state index >= 15 is 0 Å². The Kier molecular flexibility index (Phi) is 4.43. The van der Waals surface area contributed by atoms with E-state index in [-0.39, 0.29) is 17.0 Å². The zero-order chi connectivity index (χ0) is 14.8. The molecule has 1 aliphatic heterocycles. The SMILES string of the molecule is Cc1cc(C#N)ccc1S(=O)(=O)NC1CCOC(C)C1. The van der Waals surface area contributed by atoms with Gasteiger partial charge in [0.15, 0.2) is 0 Å². The third-order valence-electron chi connectivity index (χ3n) is 3.40. The van der Waals surface area contributed by atoms with Crippen molar-refractivity contribution in [1.29, 1.82) is 5.26 Å². The van der Waals surface area contributed by atoms with Crippen LogP contribution in [-0.2, 0) is 14.8 Å². The van der Waals surface area contributed by atoms with E-state index in [9.17, 15) is 8.42 Å². The molecule has 1 heterocycles. The highest BCUT2D eigenvalue weighted by Gasteiger charge is 2.26. The summed E-state index contributed by atoms with van der Waals surface area (Å²) in [4.78, 5) is 0.232. The van der Waals surface area contributed by atoms with Crippen molar-refractivity contribution in [3.8, 4) is 6.07 Å². The molecule has 6 heteroatoms. The maximum Gasteiger partial charge on any atom is 0.241 e. The topological polar surface area (TPSA) is 79.2 Å². The molecule has 0 bridgehead atoms. The summed E-state index contributed by atoms with van der Waals surface area (Å²) >= 11 is 0. The van der Waals surface area contributed by atoms with E-state index in [1.54, 1.807) is 13.0 Å². The Hall–Kier alpha value is -1.42. The molecule has 1 aromatic rings. The molecular weight excluding hydrogens is 276 g/mol. The van der Waals surface area contributed by atoms with Crippen LogP contribution in [0.2, 0.25) is 0 Å². The van der Waals surface area contributed by atoms with Gasteiger partial charge in [-0.1, -0.05) is 0 Å². The van der Waals surface area contributed by atoms with Gasteiger partial charge < -0.3 is 4.74 Å². The third-order valence-corrected chi connectivity index (χ3v) is 5.08. The van der Waals surface area contributed by atoms with Gasteiger partial charge in [0.1, 0.15) is 0 Å². The Bertz CT molecular complexity index is 634. The molecule has 108 valence electrons. The van der Waals surface area contributed by atoms with Gasteiger partial charge in [0.05, 0.1) is 22.6 Å². The second-order valence-corrected chi connectivity index (χ2v) is 6.80. The molecule has 5 nitrogen and oxygen atoms in total. The molecule has 1 N–H and O–H groups in total. The van der Waals surface area contributed by atoms with E-state index in [1.807, 2.05) is 13.0 Å². The van der Waals surface area contributed by atoms with E-state index in [0.717, 1.165) is 0 Å². The molecule has 1 aliphatic rings. The van der Waals surface area contributed by atoms with Crippen LogP contribution < -0.4 is 4.72 Å². The summed E-state index contributed by atoms with van der Waals surface area (Å²) < 4.78 is 32.9. The Morgan fingerprint density at radius 2 is 2.20 bits per heavy atom. The number of rotatable bonds is 3. The summed E-state index contributed by atoms with van der Waals surface area (Å²) in [5, 5.41) is 8.82. The van der Waals surface area contributed by atoms with Gasteiger partial charge in [-0.05, 0) is 50.5 Å². The van der Waals surface area contributed by atoms with Gasteiger partial charge in [-0.15, -0.1) is 0 Å². The van der Waals surface area contributed by atoms with Gasteiger partial charge >= 0.3 is 0 Å². The first-order chi connectivity index (χ1) is 9.42. The Morgan fingerprint density at radius 1 is 1.45 bits per heavy atom. The molecule has 2 atom stereocenters. The van der Waals surface area contributed by atoms with Crippen LogP contribution in [0.4, 0.5) is 0 Å². The van der Waals surface area contributed by atoms with E-state index < -0.39 is 10.0 Å². The number of nitriles is 1. The molecule has 0 saturated carbocycles. The first-order valence-corrected chi connectivity index (χ1v) is 8.05. The van der Waals surface area contributed by atoms with Crippen LogP contribution in [0.3, 0.4) is 0 Å². The minimum Gasteiger partial charge on any atom is -0.378 e. The molecule has 0 amide bonds. The van der Waals surface area contributed by atoms with Gasteiger partial charge in [-0.3, -0.25) is 0 Å². The van der Waals surface area contributed by atoms with Crippen molar-refractivity contribution in [2.24, 2.45) is 0 Å². The van der Waals surface area contributed by atoms with Crippen LogP contribution in [0.5, 0.6) is 0 Å². The second-order valence-electron chi connectivity index (χ2n) is 5.12. The maximum absolute atomic E-state index is 12.4. The van der Waals surface area contributed by atoms with Gasteiger partial charge in [-0.2, -0.15) is 5.26 Å². The van der Waals surface area contributed by atoms with Crippen LogP contribution in [0.15, 0.2) is 23.1 Å². The highest BCUT2D eigenvalue weighted by Crippen LogP contribution is 2.20. The molecule has 1 fully saturated rings. The number of hydrogen-bond acceptors (Lipinski definition) is 4. The molecule has 1 saturated heterocycles. The van der Waals surface area contributed by atoms with Crippen LogP contribution in [0.1, 0.15) is 30.9 Å². The molecule has 20 heavy (non-hydrogen) atoms. The highest BCUT2D eigenvalue weighted by atomic mass is 32.2. The van der Waals surface area contributed by atoms with Crippen molar-refractivity contribution >= 4 is 10.0 Å². The van der Waals surface area contributed by atoms with Crippen molar-refractivity contribution in [2.45, 2.75) is 43.7 Å². The predicted molar refractivity (Wildman–Crippen MR) is 74.7 cm³/mol. The normalized spacial score (nSPS) is 23.2. The van der Waals surface area contributed by atoms with Crippen LogP contribution in [0, 0.1) is 18.3 Å². The zero-order valence-electron chi connectivity index (χ0n) is 11.6. The maximum atomic E-state index is 12.4. The highest BCUT2D eigenvalue weighted by molar-refractivity contribution is 7.89. The third kappa shape index (κ3) is 3.37. The fourth-order valence-electron chi connectivity index (χ4n) is 2.41. The molecule has 0 aromatic heterocycles. The van der Waals surface area contributed by atoms with Gasteiger partial charge in [0.2, 0.25) is 10.0 Å². The zero-order valence-corrected chi connectivity index (χ0v) is 12.4. The number of nitrogens with one attached hydrogen (secondary N) is 1. The number of ether oxygens (including phenoxy) is 1. The largest absolute Gasteiger partial charge is 0.378 e. The number of benzene rings is 1. The average Bonchev–Trinajstić information content (AvgIpc) is 2.37. The van der Waals surface area contributed by atoms with Crippen molar-refractivity contribution < 1.29 is 13.2 Å². The molecule has 2 rings (SSSR count). The molecule has 0 aliphatic carbocycles. The summed E-state index contributed by atoms with van der Waals surface area (Å²) in [5.74, 6) is 0. The average molecular weight is 294 g/mol. The lowest BCUT2D eigenvalue weighted by Gasteiger charge is -2.27. The fraction of sp³-hybridized carbons (Fsp3) is 0.500. The fourth-order valence-corrected chi connectivity index (χ4v) is 3.92. The first kappa shape index (κ1) is 15.0. The lowest BCUT2D eigenvalue weighted by Crippen LogP contribution is -2.41. The predicted octanol–water partition coefficient (Wildman–Crippen LogP) is 1.71. The van der Waals surface area contributed by atoms with Crippen molar-refractivity contribution in [1.82, 2.24) is 4.72 Å². The van der Waals surface area contributed by atoms with E-state index in [4.69, 9.17) is 10.00 Å². The van der Waals surface area contributed by atoms with Crippen molar-refractivity contribution in [3.05, 3.63) is 29.3 Å². The van der Waals surface area contributed by atoms with E-state index in [2.05, 4.69) is 4.72 Å². The van der Waals surface area contributed by atoms with E-state index in [0.29, 0.717) is 30.6 Å². The Balaban J connectivity index is 2.20. The van der Waals surface area contributed by atoms with Crippen molar-refractivity contribution in [3.63, 3.8) is 0 Å². The van der Waals surface area contributed by atoms with Gasteiger partial charge in [0.25, 0.3) is 0 Å². The number of sulfonamides is 1.